The van der Waals surface area contributed by atoms with E-state index in [2.05, 4.69) is 9.97 Å². The summed E-state index contributed by atoms with van der Waals surface area (Å²) in [4.78, 5) is 18.4. The number of rotatable bonds is 2. The molecule has 0 spiro atoms. The molecular formula is C18H17FN2O2. The highest BCUT2D eigenvalue weighted by atomic mass is 19.1. The molecule has 1 N–H and O–H groups in total. The van der Waals surface area contributed by atoms with Crippen molar-refractivity contribution in [3.8, 4) is 17.0 Å². The van der Waals surface area contributed by atoms with Gasteiger partial charge in [-0.1, -0.05) is 12.1 Å². The van der Waals surface area contributed by atoms with Crippen LogP contribution in [-0.2, 0) is 0 Å². The monoisotopic (exact) mass is 312 g/mol. The number of fused-ring (bicyclic) bond motifs is 1. The highest BCUT2D eigenvalue weighted by Crippen LogP contribution is 2.30. The average molecular weight is 312 g/mol. The number of benzene rings is 2. The van der Waals surface area contributed by atoms with Gasteiger partial charge in [0.15, 0.2) is 0 Å². The van der Waals surface area contributed by atoms with Gasteiger partial charge in [-0.3, -0.25) is 0 Å². The molecule has 0 unspecified atom stereocenters. The zero-order chi connectivity index (χ0) is 16.6. The fourth-order valence-electron chi connectivity index (χ4n) is 2.41. The third-order valence-electron chi connectivity index (χ3n) is 3.25. The van der Waals surface area contributed by atoms with Crippen LogP contribution in [0.15, 0.2) is 47.3 Å². The van der Waals surface area contributed by atoms with Crippen LogP contribution in [-0.4, -0.2) is 15.6 Å². The number of nitrogens with zero attached hydrogens (tertiary/aromatic N) is 1. The summed E-state index contributed by atoms with van der Waals surface area (Å²) in [6.07, 6.45) is 0. The zero-order valence-corrected chi connectivity index (χ0v) is 13.2. The van der Waals surface area contributed by atoms with Crippen LogP contribution in [0.25, 0.3) is 22.2 Å². The van der Waals surface area contributed by atoms with Gasteiger partial charge >= 0.3 is 5.69 Å². The van der Waals surface area contributed by atoms with E-state index in [4.69, 9.17) is 4.74 Å². The fraction of sp³-hybridized carbons (Fsp3) is 0.222. The van der Waals surface area contributed by atoms with E-state index in [1.807, 2.05) is 20.8 Å². The molecule has 1 aromatic heterocycles. The van der Waals surface area contributed by atoms with Crippen LogP contribution >= 0.6 is 0 Å². The Bertz CT molecular complexity index is 926. The van der Waals surface area contributed by atoms with Gasteiger partial charge in [-0.15, -0.1) is 0 Å². The van der Waals surface area contributed by atoms with Crippen molar-refractivity contribution >= 4 is 10.9 Å². The van der Waals surface area contributed by atoms with Crippen molar-refractivity contribution in [3.63, 3.8) is 0 Å². The van der Waals surface area contributed by atoms with E-state index in [0.29, 0.717) is 22.3 Å². The topological polar surface area (TPSA) is 55.0 Å². The first kappa shape index (κ1) is 15.2. The lowest BCUT2D eigenvalue weighted by atomic mass is 10.1. The maximum Gasteiger partial charge on any atom is 0.345 e. The Hall–Kier alpha value is -2.69. The minimum absolute atomic E-state index is 0.288. The van der Waals surface area contributed by atoms with Gasteiger partial charge < -0.3 is 9.72 Å². The average Bonchev–Trinajstić information content (AvgIpc) is 2.46. The highest BCUT2D eigenvalue weighted by Gasteiger charge is 2.15. The van der Waals surface area contributed by atoms with Crippen molar-refractivity contribution in [2.24, 2.45) is 0 Å². The Balaban J connectivity index is 2.26. The normalized spacial score (nSPS) is 11.7. The lowest BCUT2D eigenvalue weighted by molar-refractivity contribution is 0.131. The van der Waals surface area contributed by atoms with E-state index in [-0.39, 0.29) is 11.2 Å². The predicted molar refractivity (Wildman–Crippen MR) is 88.1 cm³/mol. The van der Waals surface area contributed by atoms with E-state index in [0.717, 1.165) is 0 Å². The number of hydrogen-bond acceptors (Lipinski definition) is 3. The molecule has 5 heteroatoms. The predicted octanol–water partition coefficient (Wildman–Crippen LogP) is 3.91. The molecule has 0 bridgehead atoms. The number of aromatic amines is 1. The van der Waals surface area contributed by atoms with E-state index in [1.165, 1.54) is 6.07 Å². The summed E-state index contributed by atoms with van der Waals surface area (Å²) in [7, 11) is 0. The quantitative estimate of drug-likeness (QED) is 0.780. The van der Waals surface area contributed by atoms with Gasteiger partial charge in [0.05, 0.1) is 11.2 Å². The SMILES string of the molecule is CC(C)(C)Oc1ccc2[nH]c(=O)nc(-c3ccccc3F)c2c1. The van der Waals surface area contributed by atoms with Gasteiger partial charge in [0.1, 0.15) is 17.2 Å². The van der Waals surface area contributed by atoms with E-state index < -0.39 is 11.5 Å². The fourth-order valence-corrected chi connectivity index (χ4v) is 2.41. The van der Waals surface area contributed by atoms with Gasteiger partial charge in [-0.05, 0) is 51.1 Å². The van der Waals surface area contributed by atoms with Crippen molar-refractivity contribution in [1.29, 1.82) is 0 Å². The maximum absolute atomic E-state index is 14.1. The van der Waals surface area contributed by atoms with Crippen molar-refractivity contribution in [1.82, 2.24) is 9.97 Å². The van der Waals surface area contributed by atoms with Crippen LogP contribution in [0.1, 0.15) is 20.8 Å². The first-order valence-electron chi connectivity index (χ1n) is 7.31. The van der Waals surface area contributed by atoms with Gasteiger partial charge in [0.2, 0.25) is 0 Å². The lowest BCUT2D eigenvalue weighted by Gasteiger charge is -2.21. The lowest BCUT2D eigenvalue weighted by Crippen LogP contribution is -2.23. The first-order chi connectivity index (χ1) is 10.8. The number of aromatic nitrogens is 2. The van der Waals surface area contributed by atoms with Crippen molar-refractivity contribution in [2.75, 3.05) is 0 Å². The molecule has 0 aliphatic rings. The molecule has 2 aromatic carbocycles. The van der Waals surface area contributed by atoms with E-state index >= 15 is 0 Å². The molecule has 3 rings (SSSR count). The molecule has 0 saturated carbocycles. The molecular weight excluding hydrogens is 295 g/mol. The third kappa shape index (κ3) is 3.23. The Kier molecular flexibility index (Phi) is 3.64. The molecule has 0 aliphatic carbocycles. The van der Waals surface area contributed by atoms with Crippen molar-refractivity contribution in [3.05, 3.63) is 58.8 Å². The Morgan fingerprint density at radius 2 is 1.87 bits per heavy atom. The summed E-state index contributed by atoms with van der Waals surface area (Å²) in [6.45, 7) is 5.83. The Morgan fingerprint density at radius 3 is 2.57 bits per heavy atom. The number of nitrogens with one attached hydrogen (secondary N) is 1. The summed E-state index contributed by atoms with van der Waals surface area (Å²) in [5.41, 5.74) is 0.309. The summed E-state index contributed by atoms with van der Waals surface area (Å²) in [5.74, 6) is 0.213. The van der Waals surface area contributed by atoms with Crippen LogP contribution < -0.4 is 10.4 Å². The largest absolute Gasteiger partial charge is 0.488 e. The first-order valence-corrected chi connectivity index (χ1v) is 7.31. The third-order valence-corrected chi connectivity index (χ3v) is 3.25. The molecule has 23 heavy (non-hydrogen) atoms. The second-order valence-corrected chi connectivity index (χ2v) is 6.29. The van der Waals surface area contributed by atoms with Crippen molar-refractivity contribution in [2.45, 2.75) is 26.4 Å². The molecule has 4 nitrogen and oxygen atoms in total. The van der Waals surface area contributed by atoms with Gasteiger partial charge in [0.25, 0.3) is 0 Å². The zero-order valence-electron chi connectivity index (χ0n) is 13.2. The second-order valence-electron chi connectivity index (χ2n) is 6.29. The minimum Gasteiger partial charge on any atom is -0.488 e. The molecule has 0 saturated heterocycles. The van der Waals surface area contributed by atoms with Crippen LogP contribution in [0.5, 0.6) is 5.75 Å². The van der Waals surface area contributed by atoms with E-state index in [1.54, 1.807) is 36.4 Å². The second kappa shape index (κ2) is 5.50. The van der Waals surface area contributed by atoms with Crippen molar-refractivity contribution < 1.29 is 9.13 Å². The molecule has 0 amide bonds. The molecule has 1 heterocycles. The van der Waals surface area contributed by atoms with Gasteiger partial charge in [-0.2, -0.15) is 4.98 Å². The minimum atomic E-state index is -0.514. The highest BCUT2D eigenvalue weighted by molar-refractivity contribution is 5.93. The summed E-state index contributed by atoms with van der Waals surface area (Å²) < 4.78 is 20.0. The molecule has 0 atom stereocenters. The standard InChI is InChI=1S/C18H17FN2O2/c1-18(2,3)23-11-8-9-15-13(10-11)16(21-17(22)20-15)12-6-4-5-7-14(12)19/h4-10H,1-3H3,(H,20,21,22). The number of hydrogen-bond donors (Lipinski definition) is 1. The van der Waals surface area contributed by atoms with Crippen LogP contribution in [0.2, 0.25) is 0 Å². The van der Waals surface area contributed by atoms with Crippen LogP contribution in [0.3, 0.4) is 0 Å². The summed E-state index contributed by atoms with van der Waals surface area (Å²) >= 11 is 0. The maximum atomic E-state index is 14.1. The Morgan fingerprint density at radius 1 is 1.13 bits per heavy atom. The molecule has 0 fully saturated rings. The number of halogens is 1. The smallest absolute Gasteiger partial charge is 0.345 e. The molecule has 3 aromatic rings. The Labute approximate surface area is 133 Å². The summed E-state index contributed by atoms with van der Waals surface area (Å²) in [6, 6.07) is 11.5. The molecule has 0 radical (unpaired) electrons. The van der Waals surface area contributed by atoms with Crippen LogP contribution in [0.4, 0.5) is 4.39 Å². The van der Waals surface area contributed by atoms with E-state index in [9.17, 15) is 9.18 Å². The number of H-pyrrole nitrogens is 1. The molecule has 118 valence electrons. The molecule has 0 aliphatic heterocycles. The number of ether oxygens (including phenoxy) is 1. The van der Waals surface area contributed by atoms with Crippen LogP contribution in [0, 0.1) is 5.82 Å². The van der Waals surface area contributed by atoms with Gasteiger partial charge in [0, 0.05) is 10.9 Å². The van der Waals surface area contributed by atoms with Gasteiger partial charge in [-0.25, -0.2) is 9.18 Å². The summed E-state index contributed by atoms with van der Waals surface area (Å²) in [5, 5.41) is 0.636.